The van der Waals surface area contributed by atoms with Gasteiger partial charge < -0.3 is 25.2 Å². The van der Waals surface area contributed by atoms with Crippen LogP contribution in [0.3, 0.4) is 0 Å². The molecule has 1 aromatic carbocycles. The molecule has 0 aliphatic carbocycles. The van der Waals surface area contributed by atoms with Crippen LogP contribution in [0.25, 0.3) is 0 Å². The first-order chi connectivity index (χ1) is 13.0. The number of aliphatic hydroxyl groups is 1. The molecular weight excluding hydrogens is 352 g/mol. The molecule has 2 amide bonds. The van der Waals surface area contributed by atoms with Crippen molar-refractivity contribution in [1.82, 2.24) is 4.90 Å². The summed E-state index contributed by atoms with van der Waals surface area (Å²) >= 11 is 0. The fraction of sp³-hybridized carbons (Fsp3) is 0.526. The summed E-state index contributed by atoms with van der Waals surface area (Å²) in [6.07, 6.45) is 1.62. The molecule has 8 nitrogen and oxygen atoms in total. The molecular formula is C19H26N2O6. The number of aliphatic hydroxyl groups excluding tert-OH is 1. The predicted octanol–water partition coefficient (Wildman–Crippen LogP) is 0.391. The SMILES string of the molecule is COC(=O)CC[C@@H](C(N)=O)N1Cc2c(CCCOCCO)cccc2C1=O. The number of hydrogen-bond acceptors (Lipinski definition) is 6. The number of nitrogens with two attached hydrogens (primary N) is 1. The van der Waals surface area contributed by atoms with Crippen molar-refractivity contribution < 1.29 is 29.0 Å². The third-order valence-corrected chi connectivity index (χ3v) is 4.62. The Labute approximate surface area is 158 Å². The largest absolute Gasteiger partial charge is 0.469 e. The molecule has 1 aromatic rings. The molecule has 0 unspecified atom stereocenters. The monoisotopic (exact) mass is 378 g/mol. The standard InChI is InChI=1S/C19H26N2O6/c1-26-17(23)8-7-16(18(20)24)21-12-15-13(5-3-10-27-11-9-22)4-2-6-14(15)19(21)25/h2,4,6,16,22H,3,5,7-12H2,1H3,(H2,20,24)/t16-/m0/s1. The zero-order chi connectivity index (χ0) is 19.8. The van der Waals surface area contributed by atoms with E-state index in [0.717, 1.165) is 24.0 Å². The lowest BCUT2D eigenvalue weighted by Crippen LogP contribution is -2.45. The second-order valence-electron chi connectivity index (χ2n) is 6.35. The van der Waals surface area contributed by atoms with Gasteiger partial charge in [0.15, 0.2) is 0 Å². The molecule has 3 N–H and O–H groups in total. The number of esters is 1. The lowest BCUT2D eigenvalue weighted by molar-refractivity contribution is -0.141. The van der Waals surface area contributed by atoms with Crippen molar-refractivity contribution in [2.24, 2.45) is 5.73 Å². The topological polar surface area (TPSA) is 119 Å². The summed E-state index contributed by atoms with van der Waals surface area (Å²) in [5, 5.41) is 8.72. The third-order valence-electron chi connectivity index (χ3n) is 4.62. The van der Waals surface area contributed by atoms with Crippen LogP contribution in [-0.4, -0.2) is 60.8 Å². The highest BCUT2D eigenvalue weighted by molar-refractivity contribution is 6.01. The summed E-state index contributed by atoms with van der Waals surface area (Å²) in [7, 11) is 1.27. The molecule has 0 saturated carbocycles. The first kappa shape index (κ1) is 20.9. The summed E-state index contributed by atoms with van der Waals surface area (Å²) in [6.45, 7) is 1.10. The predicted molar refractivity (Wildman–Crippen MR) is 96.8 cm³/mol. The molecule has 27 heavy (non-hydrogen) atoms. The highest BCUT2D eigenvalue weighted by Crippen LogP contribution is 2.29. The van der Waals surface area contributed by atoms with Crippen LogP contribution in [-0.2, 0) is 32.0 Å². The van der Waals surface area contributed by atoms with Crippen molar-refractivity contribution in [2.75, 3.05) is 26.9 Å². The number of carbonyl (C=O) groups excluding carboxylic acids is 3. The van der Waals surface area contributed by atoms with Crippen molar-refractivity contribution in [3.8, 4) is 0 Å². The van der Waals surface area contributed by atoms with Crippen molar-refractivity contribution in [3.05, 3.63) is 34.9 Å². The summed E-state index contributed by atoms with van der Waals surface area (Å²) < 4.78 is 9.87. The maximum absolute atomic E-state index is 12.8. The highest BCUT2D eigenvalue weighted by Gasteiger charge is 2.36. The van der Waals surface area contributed by atoms with E-state index >= 15 is 0 Å². The Morgan fingerprint density at radius 3 is 2.78 bits per heavy atom. The first-order valence-corrected chi connectivity index (χ1v) is 8.96. The maximum Gasteiger partial charge on any atom is 0.305 e. The molecule has 1 atom stereocenters. The average Bonchev–Trinajstić information content (AvgIpc) is 2.99. The number of hydrogen-bond donors (Lipinski definition) is 2. The molecule has 0 saturated heterocycles. The van der Waals surface area contributed by atoms with Gasteiger partial charge in [0.25, 0.3) is 5.91 Å². The Bertz CT molecular complexity index is 691. The number of primary amides is 1. The minimum atomic E-state index is -0.857. The molecule has 8 heteroatoms. The van der Waals surface area contributed by atoms with E-state index in [1.807, 2.05) is 12.1 Å². The van der Waals surface area contributed by atoms with Crippen LogP contribution >= 0.6 is 0 Å². The van der Waals surface area contributed by atoms with Gasteiger partial charge in [-0.25, -0.2) is 0 Å². The zero-order valence-electron chi connectivity index (χ0n) is 15.5. The van der Waals surface area contributed by atoms with Crippen LogP contribution in [0, 0.1) is 0 Å². The van der Waals surface area contributed by atoms with E-state index in [2.05, 4.69) is 4.74 Å². The number of fused-ring (bicyclic) bond motifs is 1. The Morgan fingerprint density at radius 2 is 2.11 bits per heavy atom. The van der Waals surface area contributed by atoms with Crippen molar-refractivity contribution in [2.45, 2.75) is 38.3 Å². The Morgan fingerprint density at radius 1 is 1.33 bits per heavy atom. The van der Waals surface area contributed by atoms with Crippen LogP contribution in [0.1, 0.15) is 40.7 Å². The third kappa shape index (κ3) is 5.27. The normalized spacial score (nSPS) is 14.1. The number of aryl methyl sites for hydroxylation is 1. The minimum absolute atomic E-state index is 0.00965. The van der Waals surface area contributed by atoms with Gasteiger partial charge in [0.1, 0.15) is 6.04 Å². The van der Waals surface area contributed by atoms with Crippen molar-refractivity contribution in [3.63, 3.8) is 0 Å². The average molecular weight is 378 g/mol. The number of nitrogens with zero attached hydrogens (tertiary/aromatic N) is 1. The molecule has 0 spiro atoms. The fourth-order valence-electron chi connectivity index (χ4n) is 3.24. The van der Waals surface area contributed by atoms with Gasteiger partial charge in [-0.1, -0.05) is 12.1 Å². The maximum atomic E-state index is 12.8. The number of methoxy groups -OCH3 is 1. The van der Waals surface area contributed by atoms with Gasteiger partial charge in [0, 0.05) is 25.1 Å². The second-order valence-corrected chi connectivity index (χ2v) is 6.35. The van der Waals surface area contributed by atoms with E-state index in [1.54, 1.807) is 6.07 Å². The molecule has 1 aliphatic heterocycles. The molecule has 0 fully saturated rings. The van der Waals surface area contributed by atoms with E-state index < -0.39 is 17.9 Å². The molecule has 2 rings (SSSR count). The van der Waals surface area contributed by atoms with Crippen molar-refractivity contribution >= 4 is 17.8 Å². The molecule has 148 valence electrons. The van der Waals surface area contributed by atoms with E-state index in [4.69, 9.17) is 15.6 Å². The number of carbonyl (C=O) groups is 3. The van der Waals surface area contributed by atoms with Crippen molar-refractivity contribution in [1.29, 1.82) is 0 Å². The van der Waals surface area contributed by atoms with Crippen LogP contribution < -0.4 is 5.73 Å². The van der Waals surface area contributed by atoms with Gasteiger partial charge in [-0.05, 0) is 36.5 Å². The second kappa shape index (κ2) is 10.0. The van der Waals surface area contributed by atoms with E-state index in [1.165, 1.54) is 12.0 Å². The van der Waals surface area contributed by atoms with Gasteiger partial charge in [-0.3, -0.25) is 14.4 Å². The number of ether oxygens (including phenoxy) is 2. The molecule has 1 heterocycles. The van der Waals surface area contributed by atoms with E-state index in [9.17, 15) is 14.4 Å². The molecule has 0 radical (unpaired) electrons. The molecule has 1 aliphatic rings. The van der Waals surface area contributed by atoms with Crippen LogP contribution in [0.4, 0.5) is 0 Å². The molecule has 0 bridgehead atoms. The molecule has 0 aromatic heterocycles. The zero-order valence-corrected chi connectivity index (χ0v) is 15.5. The van der Waals surface area contributed by atoms with Gasteiger partial charge in [-0.2, -0.15) is 0 Å². The Balaban J connectivity index is 2.09. The number of amides is 2. The Kier molecular flexibility index (Phi) is 7.75. The van der Waals surface area contributed by atoms with Gasteiger partial charge in [0.2, 0.25) is 5.91 Å². The van der Waals surface area contributed by atoms with Crippen LogP contribution in [0.2, 0.25) is 0 Å². The summed E-state index contributed by atoms with van der Waals surface area (Å²) in [6, 6.07) is 4.65. The minimum Gasteiger partial charge on any atom is -0.469 e. The lowest BCUT2D eigenvalue weighted by atomic mass is 10.00. The Hall–Kier alpha value is -2.45. The highest BCUT2D eigenvalue weighted by atomic mass is 16.5. The van der Waals surface area contributed by atoms with Gasteiger partial charge in [-0.15, -0.1) is 0 Å². The quantitative estimate of drug-likeness (QED) is 0.425. The summed E-state index contributed by atoms with van der Waals surface area (Å²) in [5.41, 5.74) is 7.95. The van der Waals surface area contributed by atoms with Gasteiger partial charge >= 0.3 is 5.97 Å². The number of benzene rings is 1. The first-order valence-electron chi connectivity index (χ1n) is 8.96. The van der Waals surface area contributed by atoms with Crippen LogP contribution in [0.5, 0.6) is 0 Å². The van der Waals surface area contributed by atoms with E-state index in [0.29, 0.717) is 18.8 Å². The van der Waals surface area contributed by atoms with E-state index in [-0.39, 0.29) is 31.9 Å². The summed E-state index contributed by atoms with van der Waals surface area (Å²) in [5.74, 6) is -1.34. The fourth-order valence-corrected chi connectivity index (χ4v) is 3.24. The van der Waals surface area contributed by atoms with Gasteiger partial charge in [0.05, 0.1) is 20.3 Å². The number of rotatable bonds is 11. The summed E-state index contributed by atoms with van der Waals surface area (Å²) in [4.78, 5) is 37.5. The van der Waals surface area contributed by atoms with Crippen LogP contribution in [0.15, 0.2) is 18.2 Å². The lowest BCUT2D eigenvalue weighted by Gasteiger charge is -2.24. The smallest absolute Gasteiger partial charge is 0.305 e.